The molecular formula is C36H38Cl3N3O5S. The van der Waals surface area contributed by atoms with E-state index in [0.717, 1.165) is 9.87 Å². The van der Waals surface area contributed by atoms with Gasteiger partial charge in [-0.3, -0.25) is 13.9 Å². The maximum absolute atomic E-state index is 14.6. The van der Waals surface area contributed by atoms with Crippen molar-refractivity contribution in [2.45, 2.75) is 44.7 Å². The first-order valence-corrected chi connectivity index (χ1v) is 18.0. The van der Waals surface area contributed by atoms with Crippen LogP contribution in [0.15, 0.2) is 102 Å². The molecule has 0 aliphatic heterocycles. The molecule has 48 heavy (non-hydrogen) atoms. The van der Waals surface area contributed by atoms with E-state index >= 15 is 0 Å². The Kier molecular flexibility index (Phi) is 13.2. The molecule has 0 aromatic heterocycles. The maximum Gasteiger partial charge on any atom is 0.264 e. The topological polar surface area (TPSA) is 96.0 Å². The van der Waals surface area contributed by atoms with E-state index < -0.39 is 28.5 Å². The predicted molar refractivity (Wildman–Crippen MR) is 192 cm³/mol. The molecule has 0 spiro atoms. The summed E-state index contributed by atoms with van der Waals surface area (Å²) in [6, 6.07) is 25.4. The highest BCUT2D eigenvalue weighted by Crippen LogP contribution is 2.29. The largest absolute Gasteiger partial charge is 0.494 e. The Morgan fingerprint density at radius 2 is 1.50 bits per heavy atom. The van der Waals surface area contributed by atoms with Crippen molar-refractivity contribution in [2.75, 3.05) is 24.0 Å². The molecule has 8 nitrogen and oxygen atoms in total. The van der Waals surface area contributed by atoms with Gasteiger partial charge in [0.25, 0.3) is 10.0 Å². The quantitative estimate of drug-likeness (QED) is 0.136. The van der Waals surface area contributed by atoms with Crippen molar-refractivity contribution in [1.82, 2.24) is 10.2 Å². The van der Waals surface area contributed by atoms with E-state index in [1.807, 2.05) is 51.1 Å². The number of carbonyl (C=O) groups excluding carboxylic acids is 2. The number of nitrogens with one attached hydrogen (secondary N) is 1. The third kappa shape index (κ3) is 9.89. The minimum atomic E-state index is -4.29. The average molecular weight is 731 g/mol. The van der Waals surface area contributed by atoms with Crippen LogP contribution in [0.2, 0.25) is 15.1 Å². The van der Waals surface area contributed by atoms with Crippen LogP contribution in [-0.2, 0) is 32.6 Å². The van der Waals surface area contributed by atoms with Crippen molar-refractivity contribution < 1.29 is 22.7 Å². The van der Waals surface area contributed by atoms with Crippen molar-refractivity contribution >= 4 is 62.3 Å². The first kappa shape index (κ1) is 37.1. The van der Waals surface area contributed by atoms with Gasteiger partial charge in [-0.15, -0.1) is 0 Å². The second-order valence-corrected chi connectivity index (χ2v) is 14.6. The van der Waals surface area contributed by atoms with Crippen molar-refractivity contribution in [2.24, 2.45) is 5.92 Å². The highest BCUT2D eigenvalue weighted by Gasteiger charge is 2.35. The fourth-order valence-corrected chi connectivity index (χ4v) is 6.81. The lowest BCUT2D eigenvalue weighted by molar-refractivity contribution is -0.140. The summed E-state index contributed by atoms with van der Waals surface area (Å²) in [5.74, 6) is -0.269. The molecule has 0 saturated carbocycles. The molecule has 1 atom stereocenters. The number of carbonyl (C=O) groups is 2. The number of hydrogen-bond donors (Lipinski definition) is 1. The summed E-state index contributed by atoms with van der Waals surface area (Å²) < 4.78 is 35.0. The molecule has 0 radical (unpaired) electrons. The normalized spacial score (nSPS) is 12.0. The zero-order valence-electron chi connectivity index (χ0n) is 26.9. The van der Waals surface area contributed by atoms with Crippen LogP contribution in [0.5, 0.6) is 5.75 Å². The molecule has 12 heteroatoms. The van der Waals surface area contributed by atoms with Crippen molar-refractivity contribution in [3.63, 3.8) is 0 Å². The van der Waals surface area contributed by atoms with Crippen LogP contribution in [0.4, 0.5) is 5.69 Å². The third-order valence-corrected chi connectivity index (χ3v) is 10.2. The van der Waals surface area contributed by atoms with Crippen LogP contribution >= 0.6 is 34.8 Å². The molecule has 0 aliphatic carbocycles. The van der Waals surface area contributed by atoms with E-state index in [2.05, 4.69) is 5.32 Å². The molecule has 2 amide bonds. The average Bonchev–Trinajstić information content (AvgIpc) is 3.06. The van der Waals surface area contributed by atoms with Gasteiger partial charge in [-0.2, -0.15) is 0 Å². The standard InChI is InChI=1S/C36H38Cl3N3O5S/c1-4-47-30-15-13-29(14-16-30)42(48(45,46)31-17-11-28(37)12-18-31)24-35(43)41(23-27-10-19-32(38)33(39)20-27)34(36(44)40-22-25(2)3)21-26-8-6-5-7-9-26/h5-20,25,34H,4,21-24H2,1-3H3,(H,40,44)/t34-/m1/s1. The Balaban J connectivity index is 1.81. The Hall–Kier alpha value is -3.76. The summed E-state index contributed by atoms with van der Waals surface area (Å²) in [6.07, 6.45) is 0.185. The molecule has 4 rings (SSSR count). The van der Waals surface area contributed by atoms with Gasteiger partial charge in [-0.05, 0) is 84.6 Å². The molecule has 0 heterocycles. The van der Waals surface area contributed by atoms with E-state index in [9.17, 15) is 18.0 Å². The van der Waals surface area contributed by atoms with Crippen LogP contribution in [0.3, 0.4) is 0 Å². The van der Waals surface area contributed by atoms with Crippen molar-refractivity contribution in [1.29, 1.82) is 0 Å². The number of benzene rings is 4. The molecule has 1 N–H and O–H groups in total. The van der Waals surface area contributed by atoms with Gasteiger partial charge in [0.05, 0.1) is 27.2 Å². The minimum absolute atomic E-state index is 0.0412. The summed E-state index contributed by atoms with van der Waals surface area (Å²) in [4.78, 5) is 29.8. The summed E-state index contributed by atoms with van der Waals surface area (Å²) in [5, 5.41) is 3.95. The van der Waals surface area contributed by atoms with E-state index in [-0.39, 0.29) is 40.4 Å². The molecule has 0 saturated heterocycles. The van der Waals surface area contributed by atoms with E-state index in [4.69, 9.17) is 39.5 Å². The van der Waals surface area contributed by atoms with Crippen molar-refractivity contribution in [3.8, 4) is 5.75 Å². The smallest absolute Gasteiger partial charge is 0.264 e. The Morgan fingerprint density at radius 1 is 0.833 bits per heavy atom. The lowest BCUT2D eigenvalue weighted by Crippen LogP contribution is -2.53. The first-order valence-electron chi connectivity index (χ1n) is 15.4. The molecular weight excluding hydrogens is 693 g/mol. The van der Waals surface area contributed by atoms with Crippen molar-refractivity contribution in [3.05, 3.63) is 123 Å². The van der Waals surface area contributed by atoms with Gasteiger partial charge in [-0.1, -0.05) is 85.0 Å². The highest BCUT2D eigenvalue weighted by molar-refractivity contribution is 7.92. The van der Waals surface area contributed by atoms with Crippen LogP contribution < -0.4 is 14.4 Å². The van der Waals surface area contributed by atoms with Gasteiger partial charge in [-0.25, -0.2) is 8.42 Å². The molecule has 4 aromatic rings. The summed E-state index contributed by atoms with van der Waals surface area (Å²) in [6.45, 7) is 5.96. The van der Waals surface area contributed by atoms with Gasteiger partial charge in [0, 0.05) is 24.5 Å². The zero-order valence-corrected chi connectivity index (χ0v) is 30.0. The predicted octanol–water partition coefficient (Wildman–Crippen LogP) is 7.65. The zero-order chi connectivity index (χ0) is 34.8. The van der Waals surface area contributed by atoms with Crippen LogP contribution in [0.25, 0.3) is 0 Å². The second kappa shape index (κ2) is 17.1. The second-order valence-electron chi connectivity index (χ2n) is 11.5. The number of rotatable bonds is 15. The van der Waals surface area contributed by atoms with E-state index in [0.29, 0.717) is 34.5 Å². The minimum Gasteiger partial charge on any atom is -0.494 e. The Labute approximate surface area is 297 Å². The van der Waals surface area contributed by atoms with E-state index in [1.165, 1.54) is 29.2 Å². The van der Waals surface area contributed by atoms with Gasteiger partial charge < -0.3 is 15.0 Å². The molecule has 0 unspecified atom stereocenters. The number of hydrogen-bond acceptors (Lipinski definition) is 5. The van der Waals surface area contributed by atoms with Crippen LogP contribution in [-0.4, -0.2) is 50.9 Å². The molecule has 0 fully saturated rings. The summed E-state index contributed by atoms with van der Waals surface area (Å²) in [5.41, 5.74) is 1.67. The Bertz CT molecular complexity index is 1790. The van der Waals surface area contributed by atoms with Gasteiger partial charge in [0.1, 0.15) is 18.3 Å². The third-order valence-electron chi connectivity index (χ3n) is 7.41. The molecule has 0 aliphatic rings. The molecule has 254 valence electrons. The highest BCUT2D eigenvalue weighted by atomic mass is 35.5. The molecule has 0 bridgehead atoms. The van der Waals surface area contributed by atoms with Gasteiger partial charge in [0.15, 0.2) is 0 Å². The Morgan fingerprint density at radius 3 is 2.10 bits per heavy atom. The SMILES string of the molecule is CCOc1ccc(N(CC(=O)N(Cc2ccc(Cl)c(Cl)c2)[C@H](Cc2ccccc2)C(=O)NCC(C)C)S(=O)(=O)c2ccc(Cl)cc2)cc1. The number of amides is 2. The van der Waals surface area contributed by atoms with E-state index in [1.54, 1.807) is 42.5 Å². The molecule has 4 aromatic carbocycles. The number of anilines is 1. The monoisotopic (exact) mass is 729 g/mol. The summed E-state index contributed by atoms with van der Waals surface area (Å²) >= 11 is 18.6. The number of halogens is 3. The van der Waals surface area contributed by atoms with Gasteiger partial charge in [0.2, 0.25) is 11.8 Å². The van der Waals surface area contributed by atoms with Crippen LogP contribution in [0.1, 0.15) is 31.9 Å². The fraction of sp³-hybridized carbons (Fsp3) is 0.278. The van der Waals surface area contributed by atoms with Gasteiger partial charge >= 0.3 is 0 Å². The van der Waals surface area contributed by atoms with Crippen LogP contribution in [0, 0.1) is 5.92 Å². The maximum atomic E-state index is 14.6. The number of ether oxygens (including phenoxy) is 1. The summed E-state index contributed by atoms with van der Waals surface area (Å²) in [7, 11) is -4.29. The first-order chi connectivity index (χ1) is 22.9. The fourth-order valence-electron chi connectivity index (χ4n) is 4.95. The number of sulfonamides is 1. The number of nitrogens with zero attached hydrogens (tertiary/aromatic N) is 2. The lowest BCUT2D eigenvalue weighted by atomic mass is 10.0. The lowest BCUT2D eigenvalue weighted by Gasteiger charge is -2.34.